The maximum absolute atomic E-state index is 14.0. The van der Waals surface area contributed by atoms with E-state index in [1.54, 1.807) is 30.3 Å². The molecule has 32 heavy (non-hydrogen) atoms. The number of carbonyl (C=O) groups excluding carboxylic acids is 1. The zero-order chi connectivity index (χ0) is 23.1. The molecule has 6 nitrogen and oxygen atoms in total. The standard InChI is InChI=1S/C23H22F2N2O4S/c1-2-31-18-9-11-19(12-10-18)32(29,30)27-22(14-16-6-4-3-5-7-16)23(28)26-21-13-8-17(24)15-20(21)25/h3-13,15,22,27H,2,14H2,1H3,(H,26,28)/t22-/m1/s1. The first-order valence-electron chi connectivity index (χ1n) is 9.83. The smallest absolute Gasteiger partial charge is 0.242 e. The topological polar surface area (TPSA) is 84.5 Å². The molecule has 1 amide bonds. The third kappa shape index (κ3) is 6.12. The molecule has 1 atom stereocenters. The molecular weight excluding hydrogens is 438 g/mol. The second kappa shape index (κ2) is 10.3. The second-order valence-corrected chi connectivity index (χ2v) is 8.60. The molecule has 0 spiro atoms. The molecule has 0 aromatic heterocycles. The number of ether oxygens (including phenoxy) is 1. The molecule has 168 valence electrons. The lowest BCUT2D eigenvalue weighted by Crippen LogP contribution is -2.45. The Morgan fingerprint density at radius 1 is 1.00 bits per heavy atom. The Morgan fingerprint density at radius 3 is 2.31 bits per heavy atom. The number of carbonyl (C=O) groups is 1. The Kier molecular flexibility index (Phi) is 7.55. The van der Waals surface area contributed by atoms with Gasteiger partial charge in [-0.3, -0.25) is 4.79 Å². The number of hydrogen-bond acceptors (Lipinski definition) is 4. The van der Waals surface area contributed by atoms with Crippen LogP contribution in [0, 0.1) is 11.6 Å². The molecule has 0 bridgehead atoms. The van der Waals surface area contributed by atoms with Crippen LogP contribution in [0.3, 0.4) is 0 Å². The van der Waals surface area contributed by atoms with Crippen molar-refractivity contribution in [3.63, 3.8) is 0 Å². The predicted octanol–water partition coefficient (Wildman–Crippen LogP) is 3.89. The molecule has 9 heteroatoms. The van der Waals surface area contributed by atoms with Gasteiger partial charge in [0.1, 0.15) is 23.4 Å². The molecular formula is C23H22F2N2O4S. The summed E-state index contributed by atoms with van der Waals surface area (Å²) in [6, 6.07) is 16.0. The Balaban J connectivity index is 1.85. The van der Waals surface area contributed by atoms with E-state index in [-0.39, 0.29) is 17.0 Å². The molecule has 0 aliphatic carbocycles. The van der Waals surface area contributed by atoms with E-state index in [2.05, 4.69) is 10.0 Å². The summed E-state index contributed by atoms with van der Waals surface area (Å²) in [5.41, 5.74) is 0.441. The summed E-state index contributed by atoms with van der Waals surface area (Å²) in [7, 11) is -4.09. The Morgan fingerprint density at radius 2 is 1.69 bits per heavy atom. The molecule has 3 aromatic rings. The molecule has 0 aliphatic rings. The Labute approximate surface area is 185 Å². The minimum Gasteiger partial charge on any atom is -0.494 e. The van der Waals surface area contributed by atoms with Crippen molar-refractivity contribution in [1.82, 2.24) is 4.72 Å². The van der Waals surface area contributed by atoms with Crippen LogP contribution in [0.4, 0.5) is 14.5 Å². The highest BCUT2D eigenvalue weighted by Gasteiger charge is 2.27. The summed E-state index contributed by atoms with van der Waals surface area (Å²) in [4.78, 5) is 12.8. The average Bonchev–Trinajstić information content (AvgIpc) is 2.76. The van der Waals surface area contributed by atoms with Crippen molar-refractivity contribution in [3.8, 4) is 5.75 Å². The number of amides is 1. The first-order chi connectivity index (χ1) is 15.3. The van der Waals surface area contributed by atoms with Crippen molar-refractivity contribution in [3.05, 3.63) is 90.0 Å². The lowest BCUT2D eigenvalue weighted by Gasteiger charge is -2.19. The quantitative estimate of drug-likeness (QED) is 0.507. The first-order valence-corrected chi connectivity index (χ1v) is 11.3. The van der Waals surface area contributed by atoms with E-state index in [0.717, 1.165) is 12.1 Å². The summed E-state index contributed by atoms with van der Waals surface area (Å²) in [5, 5.41) is 2.33. The summed E-state index contributed by atoms with van der Waals surface area (Å²) in [6.07, 6.45) is 0.0196. The van der Waals surface area contributed by atoms with Gasteiger partial charge >= 0.3 is 0 Å². The zero-order valence-electron chi connectivity index (χ0n) is 17.2. The SMILES string of the molecule is CCOc1ccc(S(=O)(=O)N[C@H](Cc2ccccc2)C(=O)Nc2ccc(F)cc2F)cc1. The van der Waals surface area contributed by atoms with Gasteiger partial charge in [0, 0.05) is 6.07 Å². The Bertz CT molecular complexity index is 1170. The molecule has 0 saturated heterocycles. The lowest BCUT2D eigenvalue weighted by atomic mass is 10.1. The zero-order valence-corrected chi connectivity index (χ0v) is 18.0. The van der Waals surface area contributed by atoms with Gasteiger partial charge in [-0.1, -0.05) is 30.3 Å². The highest BCUT2D eigenvalue weighted by Crippen LogP contribution is 2.19. The molecule has 0 unspecified atom stereocenters. The molecule has 0 aliphatic heterocycles. The van der Waals surface area contributed by atoms with Crippen LogP contribution in [0.25, 0.3) is 0 Å². The van der Waals surface area contributed by atoms with Gasteiger partial charge in [0.05, 0.1) is 17.2 Å². The van der Waals surface area contributed by atoms with Gasteiger partial charge in [-0.25, -0.2) is 17.2 Å². The van der Waals surface area contributed by atoms with Crippen LogP contribution < -0.4 is 14.8 Å². The van der Waals surface area contributed by atoms with E-state index in [9.17, 15) is 22.0 Å². The van der Waals surface area contributed by atoms with Crippen LogP contribution in [0.2, 0.25) is 0 Å². The fraction of sp³-hybridized carbons (Fsp3) is 0.174. The molecule has 3 rings (SSSR count). The molecule has 0 saturated carbocycles. The van der Waals surface area contributed by atoms with Gasteiger partial charge in [0.25, 0.3) is 0 Å². The van der Waals surface area contributed by atoms with E-state index in [1.807, 2.05) is 6.92 Å². The highest BCUT2D eigenvalue weighted by molar-refractivity contribution is 7.89. The largest absolute Gasteiger partial charge is 0.494 e. The minimum atomic E-state index is -4.09. The summed E-state index contributed by atoms with van der Waals surface area (Å²) < 4.78 is 60.7. The van der Waals surface area contributed by atoms with Crippen LogP contribution in [-0.2, 0) is 21.2 Å². The van der Waals surface area contributed by atoms with Gasteiger partial charge in [-0.2, -0.15) is 4.72 Å². The third-order valence-corrected chi connectivity index (χ3v) is 6.02. The predicted molar refractivity (Wildman–Crippen MR) is 117 cm³/mol. The van der Waals surface area contributed by atoms with Crippen LogP contribution in [0.15, 0.2) is 77.7 Å². The average molecular weight is 461 g/mol. The first kappa shape index (κ1) is 23.4. The van der Waals surface area contributed by atoms with Crippen LogP contribution in [0.5, 0.6) is 5.75 Å². The summed E-state index contributed by atoms with van der Waals surface area (Å²) >= 11 is 0. The second-order valence-electron chi connectivity index (χ2n) is 6.88. The van der Waals surface area contributed by atoms with Crippen molar-refractivity contribution in [1.29, 1.82) is 0 Å². The number of sulfonamides is 1. The van der Waals surface area contributed by atoms with E-state index in [0.29, 0.717) is 24.0 Å². The normalized spacial score (nSPS) is 12.2. The molecule has 3 aromatic carbocycles. The highest BCUT2D eigenvalue weighted by atomic mass is 32.2. The van der Waals surface area contributed by atoms with Crippen molar-refractivity contribution < 1.29 is 26.7 Å². The summed E-state index contributed by atoms with van der Waals surface area (Å²) in [5.74, 6) is -2.03. The number of hydrogen-bond donors (Lipinski definition) is 2. The van der Waals surface area contributed by atoms with Crippen molar-refractivity contribution in [2.24, 2.45) is 0 Å². The van der Waals surface area contributed by atoms with Crippen molar-refractivity contribution in [2.75, 3.05) is 11.9 Å². The number of halogens is 2. The van der Waals surface area contributed by atoms with Gasteiger partial charge in [0.2, 0.25) is 15.9 Å². The third-order valence-electron chi connectivity index (χ3n) is 4.53. The van der Waals surface area contributed by atoms with E-state index in [1.165, 1.54) is 24.3 Å². The number of nitrogens with one attached hydrogen (secondary N) is 2. The number of benzene rings is 3. The summed E-state index contributed by atoms with van der Waals surface area (Å²) in [6.45, 7) is 2.24. The lowest BCUT2D eigenvalue weighted by molar-refractivity contribution is -0.117. The van der Waals surface area contributed by atoms with Gasteiger partial charge < -0.3 is 10.1 Å². The van der Waals surface area contributed by atoms with Crippen molar-refractivity contribution >= 4 is 21.6 Å². The van der Waals surface area contributed by atoms with E-state index in [4.69, 9.17) is 4.74 Å². The Hall–Kier alpha value is -3.30. The van der Waals surface area contributed by atoms with Crippen LogP contribution in [0.1, 0.15) is 12.5 Å². The maximum atomic E-state index is 14.0. The van der Waals surface area contributed by atoms with Crippen molar-refractivity contribution in [2.45, 2.75) is 24.3 Å². The number of anilines is 1. The molecule has 0 heterocycles. The van der Waals surface area contributed by atoms with E-state index >= 15 is 0 Å². The fourth-order valence-corrected chi connectivity index (χ4v) is 4.18. The van der Waals surface area contributed by atoms with Crippen LogP contribution >= 0.6 is 0 Å². The monoisotopic (exact) mass is 460 g/mol. The van der Waals surface area contributed by atoms with Gasteiger partial charge in [0.15, 0.2) is 0 Å². The molecule has 0 radical (unpaired) electrons. The molecule has 0 fully saturated rings. The minimum absolute atomic E-state index is 0.0196. The van der Waals surface area contributed by atoms with Crippen LogP contribution in [-0.4, -0.2) is 27.0 Å². The maximum Gasteiger partial charge on any atom is 0.242 e. The fourth-order valence-electron chi connectivity index (χ4n) is 2.99. The van der Waals surface area contributed by atoms with Gasteiger partial charge in [-0.15, -0.1) is 0 Å². The van der Waals surface area contributed by atoms with Gasteiger partial charge in [-0.05, 0) is 55.3 Å². The van der Waals surface area contributed by atoms with E-state index < -0.39 is 33.6 Å². The number of rotatable bonds is 9. The molecule has 2 N–H and O–H groups in total.